The second-order valence-electron chi connectivity index (χ2n) is 4.68. The van der Waals surface area contributed by atoms with Crippen LogP contribution in [0.15, 0.2) is 24.3 Å². The summed E-state index contributed by atoms with van der Waals surface area (Å²) in [5.74, 6) is 1.26. The fourth-order valence-electron chi connectivity index (χ4n) is 1.27. The Hall–Kier alpha value is -0.680. The first-order valence-electron chi connectivity index (χ1n) is 5.21. The topological polar surface area (TPSA) is 26.0 Å². The van der Waals surface area contributed by atoms with Gasteiger partial charge in [-0.15, -0.1) is 0 Å². The third-order valence-electron chi connectivity index (χ3n) is 2.00. The van der Waals surface area contributed by atoms with Crippen molar-refractivity contribution in [3.63, 3.8) is 0 Å². The summed E-state index contributed by atoms with van der Waals surface area (Å²) in [6, 6.07) is 5.41. The number of nitrogens with two attached hydrogens (primary N) is 1. The predicted molar refractivity (Wildman–Crippen MR) is 65.9 cm³/mol. The van der Waals surface area contributed by atoms with Crippen molar-refractivity contribution in [2.75, 3.05) is 5.75 Å². The Morgan fingerprint density at radius 2 is 1.88 bits per heavy atom. The van der Waals surface area contributed by atoms with Crippen LogP contribution in [0.3, 0.4) is 0 Å². The highest BCUT2D eigenvalue weighted by Crippen LogP contribution is 2.30. The minimum atomic E-state index is -4.27. The van der Waals surface area contributed by atoms with E-state index < -0.39 is 11.7 Å². The van der Waals surface area contributed by atoms with E-state index in [1.54, 1.807) is 17.8 Å². The van der Waals surface area contributed by atoms with Crippen LogP contribution in [0, 0.1) is 0 Å². The lowest BCUT2D eigenvalue weighted by molar-refractivity contribution is -0.137. The molecule has 17 heavy (non-hydrogen) atoms. The van der Waals surface area contributed by atoms with Gasteiger partial charge in [0.15, 0.2) is 0 Å². The number of alkyl halides is 3. The summed E-state index contributed by atoms with van der Waals surface area (Å²) in [7, 11) is 0. The average Bonchev–Trinajstić information content (AvgIpc) is 2.15. The smallest absolute Gasteiger partial charge is 0.325 e. The van der Waals surface area contributed by atoms with Crippen LogP contribution >= 0.6 is 11.8 Å². The third kappa shape index (κ3) is 5.46. The SMILES string of the molecule is CC(C)(N)CSCc1cccc(C(F)(F)F)c1. The maximum atomic E-state index is 12.5. The van der Waals surface area contributed by atoms with Crippen molar-refractivity contribution >= 4 is 11.8 Å². The van der Waals surface area contributed by atoms with Crippen LogP contribution < -0.4 is 5.73 Å². The van der Waals surface area contributed by atoms with E-state index in [0.717, 1.165) is 6.07 Å². The summed E-state index contributed by atoms with van der Waals surface area (Å²) in [6.45, 7) is 3.79. The Morgan fingerprint density at radius 3 is 2.41 bits per heavy atom. The molecule has 0 saturated carbocycles. The lowest BCUT2D eigenvalue weighted by Gasteiger charge is -2.17. The Balaban J connectivity index is 2.61. The van der Waals surface area contributed by atoms with Crippen LogP contribution in [-0.2, 0) is 11.9 Å². The Bertz CT molecular complexity index is 369. The standard InChI is InChI=1S/C12H16F3NS/c1-11(2,16)8-17-7-9-4-3-5-10(6-9)12(13,14)15/h3-6H,7-8,16H2,1-2H3. The van der Waals surface area contributed by atoms with Crippen LogP contribution in [0.25, 0.3) is 0 Å². The molecule has 0 radical (unpaired) electrons. The molecule has 1 aromatic rings. The maximum Gasteiger partial charge on any atom is 0.416 e. The fraction of sp³-hybridized carbons (Fsp3) is 0.500. The highest BCUT2D eigenvalue weighted by atomic mass is 32.2. The van der Waals surface area contributed by atoms with E-state index in [2.05, 4.69) is 0 Å². The monoisotopic (exact) mass is 263 g/mol. The van der Waals surface area contributed by atoms with Crippen molar-refractivity contribution < 1.29 is 13.2 Å². The van der Waals surface area contributed by atoms with Gasteiger partial charge in [-0.2, -0.15) is 24.9 Å². The van der Waals surface area contributed by atoms with Crippen molar-refractivity contribution in [2.24, 2.45) is 5.73 Å². The molecule has 0 fully saturated rings. The van der Waals surface area contributed by atoms with Gasteiger partial charge in [-0.05, 0) is 25.5 Å². The minimum Gasteiger partial charge on any atom is -0.325 e. The minimum absolute atomic E-state index is 0.299. The number of hydrogen-bond donors (Lipinski definition) is 1. The first-order chi connectivity index (χ1) is 7.68. The highest BCUT2D eigenvalue weighted by Gasteiger charge is 2.30. The van der Waals surface area contributed by atoms with Crippen molar-refractivity contribution in [1.82, 2.24) is 0 Å². The molecule has 2 N–H and O–H groups in total. The van der Waals surface area contributed by atoms with Gasteiger partial charge >= 0.3 is 6.18 Å². The molecular weight excluding hydrogens is 247 g/mol. The van der Waals surface area contributed by atoms with E-state index in [4.69, 9.17) is 5.73 Å². The van der Waals surface area contributed by atoms with Gasteiger partial charge in [-0.3, -0.25) is 0 Å². The molecule has 0 aromatic heterocycles. The van der Waals surface area contributed by atoms with Gasteiger partial charge in [-0.1, -0.05) is 18.2 Å². The third-order valence-corrected chi connectivity index (χ3v) is 3.48. The van der Waals surface area contributed by atoms with E-state index in [9.17, 15) is 13.2 Å². The molecular formula is C12H16F3NS. The van der Waals surface area contributed by atoms with E-state index in [-0.39, 0.29) is 5.54 Å². The molecule has 1 aromatic carbocycles. The predicted octanol–water partition coefficient (Wildman–Crippen LogP) is 3.68. The largest absolute Gasteiger partial charge is 0.416 e. The summed E-state index contributed by atoms with van der Waals surface area (Å²) in [4.78, 5) is 0. The van der Waals surface area contributed by atoms with E-state index in [1.807, 2.05) is 13.8 Å². The number of rotatable bonds is 4. The number of hydrogen-bond acceptors (Lipinski definition) is 2. The second kappa shape index (κ2) is 5.31. The molecule has 1 rings (SSSR count). The van der Waals surface area contributed by atoms with Crippen LogP contribution in [0.1, 0.15) is 25.0 Å². The summed E-state index contributed by atoms with van der Waals surface area (Å²) in [6.07, 6.45) is -4.27. The quantitative estimate of drug-likeness (QED) is 0.896. The zero-order chi connectivity index (χ0) is 13.1. The molecule has 0 aliphatic rings. The van der Waals surface area contributed by atoms with Gasteiger partial charge < -0.3 is 5.73 Å². The number of benzene rings is 1. The van der Waals surface area contributed by atoms with E-state index >= 15 is 0 Å². The molecule has 96 valence electrons. The number of thioether (sulfide) groups is 1. The molecule has 0 atom stereocenters. The van der Waals surface area contributed by atoms with Crippen LogP contribution in [0.2, 0.25) is 0 Å². The normalized spacial score (nSPS) is 12.8. The first-order valence-corrected chi connectivity index (χ1v) is 6.37. The van der Waals surface area contributed by atoms with Crippen molar-refractivity contribution in [2.45, 2.75) is 31.3 Å². The highest BCUT2D eigenvalue weighted by molar-refractivity contribution is 7.98. The molecule has 0 amide bonds. The van der Waals surface area contributed by atoms with Gasteiger partial charge in [0.25, 0.3) is 0 Å². The molecule has 5 heteroatoms. The molecule has 1 nitrogen and oxygen atoms in total. The van der Waals surface area contributed by atoms with Crippen LogP contribution in [0.4, 0.5) is 13.2 Å². The molecule has 0 aliphatic heterocycles. The summed E-state index contributed by atoms with van der Waals surface area (Å²) in [5, 5.41) is 0. The lowest BCUT2D eigenvalue weighted by atomic mass is 10.1. The van der Waals surface area contributed by atoms with Gasteiger partial charge in [0.1, 0.15) is 0 Å². The summed E-state index contributed by atoms with van der Waals surface area (Å²) < 4.78 is 37.4. The fourth-order valence-corrected chi connectivity index (χ4v) is 2.31. The number of halogens is 3. The molecule has 0 heterocycles. The van der Waals surface area contributed by atoms with Gasteiger partial charge in [-0.25, -0.2) is 0 Å². The molecule has 0 saturated heterocycles. The second-order valence-corrected chi connectivity index (χ2v) is 5.67. The summed E-state index contributed by atoms with van der Waals surface area (Å²) in [5.41, 5.74) is 5.58. The van der Waals surface area contributed by atoms with Gasteiger partial charge in [0.2, 0.25) is 0 Å². The lowest BCUT2D eigenvalue weighted by Crippen LogP contribution is -2.34. The first kappa shape index (κ1) is 14.4. The molecule has 0 unspecified atom stereocenters. The van der Waals surface area contributed by atoms with Crippen molar-refractivity contribution in [1.29, 1.82) is 0 Å². The van der Waals surface area contributed by atoms with Gasteiger partial charge in [0, 0.05) is 17.0 Å². The zero-order valence-electron chi connectivity index (χ0n) is 9.84. The summed E-state index contributed by atoms with van der Waals surface area (Å²) >= 11 is 1.54. The molecule has 0 spiro atoms. The average molecular weight is 263 g/mol. The molecule has 0 bridgehead atoms. The Morgan fingerprint density at radius 1 is 1.24 bits per heavy atom. The Kier molecular flexibility index (Phi) is 4.49. The Labute approximate surface area is 104 Å². The molecule has 0 aliphatic carbocycles. The maximum absolute atomic E-state index is 12.5. The zero-order valence-corrected chi connectivity index (χ0v) is 10.7. The van der Waals surface area contributed by atoms with E-state index in [0.29, 0.717) is 17.1 Å². The van der Waals surface area contributed by atoms with Gasteiger partial charge in [0.05, 0.1) is 5.56 Å². The van der Waals surface area contributed by atoms with Crippen molar-refractivity contribution in [3.05, 3.63) is 35.4 Å². The van der Waals surface area contributed by atoms with Crippen molar-refractivity contribution in [3.8, 4) is 0 Å². The van der Waals surface area contributed by atoms with E-state index in [1.165, 1.54) is 12.1 Å². The van der Waals surface area contributed by atoms with Crippen LogP contribution in [-0.4, -0.2) is 11.3 Å². The van der Waals surface area contributed by atoms with Crippen LogP contribution in [0.5, 0.6) is 0 Å².